The van der Waals surface area contributed by atoms with Crippen LogP contribution in [0.3, 0.4) is 0 Å². The normalized spacial score (nSPS) is 11.6. The first-order chi connectivity index (χ1) is 9.15. The Balaban J connectivity index is 1.93. The molecule has 0 aliphatic heterocycles. The van der Waals surface area contributed by atoms with E-state index in [1.807, 2.05) is 18.2 Å². The van der Waals surface area contributed by atoms with E-state index in [1.54, 1.807) is 24.3 Å². The van der Waals surface area contributed by atoms with E-state index in [0.717, 1.165) is 5.69 Å². The van der Waals surface area contributed by atoms with Crippen molar-refractivity contribution in [1.29, 1.82) is 0 Å². The number of benzene rings is 2. The van der Waals surface area contributed by atoms with Crippen LogP contribution in [-0.4, -0.2) is 10.2 Å². The molecule has 1 atom stereocenters. The fraction of sp³-hybridized carbons (Fsp3) is 0.133. The van der Waals surface area contributed by atoms with Crippen molar-refractivity contribution in [3.63, 3.8) is 0 Å². The number of nitrogens with one attached hydrogen (secondary N) is 2. The molecule has 0 amide bonds. The van der Waals surface area contributed by atoms with Gasteiger partial charge in [-0.15, -0.1) is 0 Å². The number of thiocarbonyl (C=S) groups is 1. The highest BCUT2D eigenvalue weighted by atomic mass is 32.1. The third-order valence-corrected chi connectivity index (χ3v) is 2.99. The fourth-order valence-electron chi connectivity index (χ4n) is 1.73. The lowest BCUT2D eigenvalue weighted by Gasteiger charge is -2.17. The van der Waals surface area contributed by atoms with Crippen molar-refractivity contribution in [3.8, 4) is 5.75 Å². The summed E-state index contributed by atoms with van der Waals surface area (Å²) in [6, 6.07) is 17.0. The lowest BCUT2D eigenvalue weighted by atomic mass is 10.1. The summed E-state index contributed by atoms with van der Waals surface area (Å²) in [7, 11) is 0. The molecule has 3 N–H and O–H groups in total. The predicted octanol–water partition coefficient (Wildman–Crippen LogP) is 3.44. The summed E-state index contributed by atoms with van der Waals surface area (Å²) in [6.07, 6.45) is 0. The van der Waals surface area contributed by atoms with Gasteiger partial charge in [0.25, 0.3) is 0 Å². The van der Waals surface area contributed by atoms with E-state index in [4.69, 9.17) is 12.2 Å². The molecular weight excluding hydrogens is 256 g/mol. The zero-order chi connectivity index (χ0) is 13.7. The lowest BCUT2D eigenvalue weighted by molar-refractivity contribution is 0.475. The zero-order valence-corrected chi connectivity index (χ0v) is 11.4. The molecule has 0 saturated carbocycles. The Bertz CT molecular complexity index is 540. The van der Waals surface area contributed by atoms with Crippen LogP contribution in [0.5, 0.6) is 5.75 Å². The molecule has 2 aromatic carbocycles. The molecule has 0 fully saturated rings. The van der Waals surface area contributed by atoms with Gasteiger partial charge in [-0.3, -0.25) is 0 Å². The van der Waals surface area contributed by atoms with E-state index < -0.39 is 0 Å². The Hall–Kier alpha value is -2.07. The molecule has 2 aromatic rings. The molecule has 0 radical (unpaired) electrons. The highest BCUT2D eigenvalue weighted by molar-refractivity contribution is 7.80. The summed E-state index contributed by atoms with van der Waals surface area (Å²) in [5.41, 5.74) is 2.02. The second-order valence-corrected chi connectivity index (χ2v) is 4.69. The van der Waals surface area contributed by atoms with Gasteiger partial charge in [0.15, 0.2) is 5.11 Å². The number of rotatable bonds is 3. The van der Waals surface area contributed by atoms with Crippen molar-refractivity contribution in [2.24, 2.45) is 0 Å². The summed E-state index contributed by atoms with van der Waals surface area (Å²) in [5, 5.41) is 16.1. The Kier molecular flexibility index (Phi) is 4.36. The minimum Gasteiger partial charge on any atom is -0.508 e. The molecule has 19 heavy (non-hydrogen) atoms. The number of hydrogen-bond donors (Lipinski definition) is 3. The molecule has 2 rings (SSSR count). The molecule has 0 spiro atoms. The fourth-order valence-corrected chi connectivity index (χ4v) is 2.03. The average Bonchev–Trinajstić information content (AvgIpc) is 2.42. The van der Waals surface area contributed by atoms with Gasteiger partial charge in [-0.1, -0.05) is 30.3 Å². The smallest absolute Gasteiger partial charge is 0.171 e. The number of phenolic OH excluding ortho intramolecular Hbond substituents is 1. The molecule has 0 saturated heterocycles. The molecule has 0 aliphatic rings. The highest BCUT2D eigenvalue weighted by Gasteiger charge is 2.06. The standard InChI is InChI=1S/C15H16N2OS/c1-11(12-5-3-2-4-6-12)16-15(19)17-13-7-9-14(18)10-8-13/h2-11,18H,1H3,(H2,16,17,19). The van der Waals surface area contributed by atoms with E-state index in [2.05, 4.69) is 29.7 Å². The highest BCUT2D eigenvalue weighted by Crippen LogP contribution is 2.15. The van der Waals surface area contributed by atoms with Gasteiger partial charge in [-0.25, -0.2) is 0 Å². The number of anilines is 1. The number of hydrogen-bond acceptors (Lipinski definition) is 2. The molecular formula is C15H16N2OS. The zero-order valence-electron chi connectivity index (χ0n) is 10.6. The van der Waals surface area contributed by atoms with E-state index in [-0.39, 0.29) is 11.8 Å². The Morgan fingerprint density at radius 2 is 1.68 bits per heavy atom. The molecule has 0 heterocycles. The molecule has 4 heteroatoms. The predicted molar refractivity (Wildman–Crippen MR) is 82.3 cm³/mol. The van der Waals surface area contributed by atoms with E-state index >= 15 is 0 Å². The largest absolute Gasteiger partial charge is 0.508 e. The topological polar surface area (TPSA) is 44.3 Å². The van der Waals surface area contributed by atoms with Gasteiger partial charge in [-0.2, -0.15) is 0 Å². The summed E-state index contributed by atoms with van der Waals surface area (Å²) in [6.45, 7) is 2.06. The van der Waals surface area contributed by atoms with Gasteiger partial charge in [-0.05, 0) is 49.0 Å². The maximum absolute atomic E-state index is 9.21. The van der Waals surface area contributed by atoms with Crippen molar-refractivity contribution in [2.75, 3.05) is 5.32 Å². The second-order valence-electron chi connectivity index (χ2n) is 4.28. The van der Waals surface area contributed by atoms with Crippen molar-refractivity contribution in [3.05, 3.63) is 60.2 Å². The molecule has 0 aliphatic carbocycles. The maximum atomic E-state index is 9.21. The van der Waals surface area contributed by atoms with Crippen LogP contribution in [0, 0.1) is 0 Å². The first-order valence-corrected chi connectivity index (χ1v) is 6.47. The third-order valence-electron chi connectivity index (χ3n) is 2.77. The third kappa shape index (κ3) is 3.96. The minimum atomic E-state index is 0.137. The maximum Gasteiger partial charge on any atom is 0.171 e. The molecule has 0 aromatic heterocycles. The van der Waals surface area contributed by atoms with Crippen molar-refractivity contribution in [1.82, 2.24) is 5.32 Å². The van der Waals surface area contributed by atoms with Gasteiger partial charge in [0, 0.05) is 5.69 Å². The van der Waals surface area contributed by atoms with Crippen molar-refractivity contribution < 1.29 is 5.11 Å². The molecule has 0 bridgehead atoms. The molecule has 1 unspecified atom stereocenters. The van der Waals surface area contributed by atoms with E-state index in [9.17, 15) is 5.11 Å². The summed E-state index contributed by atoms with van der Waals surface area (Å²) >= 11 is 5.26. The Morgan fingerprint density at radius 1 is 1.05 bits per heavy atom. The van der Waals surface area contributed by atoms with Crippen LogP contribution in [-0.2, 0) is 0 Å². The molecule has 3 nitrogen and oxygen atoms in total. The van der Waals surface area contributed by atoms with Crippen LogP contribution in [0.25, 0.3) is 0 Å². The first-order valence-electron chi connectivity index (χ1n) is 6.06. The molecule has 98 valence electrons. The Labute approximate surface area is 118 Å². The summed E-state index contributed by atoms with van der Waals surface area (Å²) in [4.78, 5) is 0. The average molecular weight is 272 g/mol. The SMILES string of the molecule is CC(NC(=S)Nc1ccc(O)cc1)c1ccccc1. The Morgan fingerprint density at radius 3 is 2.32 bits per heavy atom. The van der Waals surface area contributed by atoms with Crippen LogP contribution in [0.4, 0.5) is 5.69 Å². The number of aromatic hydroxyl groups is 1. The van der Waals surface area contributed by atoms with Crippen molar-refractivity contribution in [2.45, 2.75) is 13.0 Å². The minimum absolute atomic E-state index is 0.137. The monoisotopic (exact) mass is 272 g/mol. The van der Waals surface area contributed by atoms with E-state index in [1.165, 1.54) is 5.56 Å². The van der Waals surface area contributed by atoms with E-state index in [0.29, 0.717) is 5.11 Å². The van der Waals surface area contributed by atoms with Gasteiger partial charge in [0.2, 0.25) is 0 Å². The quantitative estimate of drug-likeness (QED) is 0.591. The van der Waals surface area contributed by atoms with Gasteiger partial charge >= 0.3 is 0 Å². The van der Waals surface area contributed by atoms with Crippen LogP contribution in [0.1, 0.15) is 18.5 Å². The summed E-state index contributed by atoms with van der Waals surface area (Å²) in [5.74, 6) is 0.238. The van der Waals surface area contributed by atoms with Gasteiger partial charge in [0.1, 0.15) is 5.75 Å². The van der Waals surface area contributed by atoms with Crippen LogP contribution >= 0.6 is 12.2 Å². The van der Waals surface area contributed by atoms with Crippen LogP contribution in [0.15, 0.2) is 54.6 Å². The van der Waals surface area contributed by atoms with Crippen LogP contribution in [0.2, 0.25) is 0 Å². The van der Waals surface area contributed by atoms with Crippen LogP contribution < -0.4 is 10.6 Å². The number of phenols is 1. The van der Waals surface area contributed by atoms with Gasteiger partial charge in [0.05, 0.1) is 6.04 Å². The summed E-state index contributed by atoms with van der Waals surface area (Å²) < 4.78 is 0. The first kappa shape index (κ1) is 13.4. The van der Waals surface area contributed by atoms with Crippen molar-refractivity contribution >= 4 is 23.0 Å². The van der Waals surface area contributed by atoms with Gasteiger partial charge < -0.3 is 15.7 Å². The second kappa shape index (κ2) is 6.20. The lowest BCUT2D eigenvalue weighted by Crippen LogP contribution is -2.30.